The van der Waals surface area contributed by atoms with Crippen LogP contribution in [0.2, 0.25) is 10.0 Å². The zero-order valence-electron chi connectivity index (χ0n) is 15.3. The topological polar surface area (TPSA) is 69.0 Å². The summed E-state index contributed by atoms with van der Waals surface area (Å²) in [6.07, 6.45) is 0. The fourth-order valence-corrected chi connectivity index (χ4v) is 3.42. The summed E-state index contributed by atoms with van der Waals surface area (Å²) in [6.45, 7) is 2.13. The summed E-state index contributed by atoms with van der Waals surface area (Å²) in [7, 11) is 1.82. The van der Waals surface area contributed by atoms with Crippen molar-refractivity contribution in [1.82, 2.24) is 14.8 Å². The van der Waals surface area contributed by atoms with Gasteiger partial charge in [-0.3, -0.25) is 4.79 Å². The second-order valence-corrected chi connectivity index (χ2v) is 7.76. The van der Waals surface area contributed by atoms with Crippen LogP contribution in [0.1, 0.15) is 11.4 Å². The Hall–Kier alpha value is -2.22. The normalized spacial score (nSPS) is 10.7. The van der Waals surface area contributed by atoms with Crippen molar-refractivity contribution in [1.29, 1.82) is 0 Å². The first-order chi connectivity index (χ1) is 13.4. The molecular weight excluding hydrogens is 419 g/mol. The highest BCUT2D eigenvalue weighted by molar-refractivity contribution is 7.99. The van der Waals surface area contributed by atoms with Gasteiger partial charge >= 0.3 is 0 Å². The zero-order valence-corrected chi connectivity index (χ0v) is 17.6. The molecule has 0 aliphatic rings. The van der Waals surface area contributed by atoms with E-state index >= 15 is 0 Å². The average Bonchev–Trinajstić information content (AvgIpc) is 3.02. The smallest absolute Gasteiger partial charge is 0.234 e. The summed E-state index contributed by atoms with van der Waals surface area (Å²) >= 11 is 13.4. The summed E-state index contributed by atoms with van der Waals surface area (Å²) < 4.78 is 7.47. The molecule has 0 saturated carbocycles. The Kier molecular flexibility index (Phi) is 6.83. The van der Waals surface area contributed by atoms with Gasteiger partial charge in [0.05, 0.1) is 10.8 Å². The molecule has 146 valence electrons. The Bertz CT molecular complexity index is 994. The van der Waals surface area contributed by atoms with Gasteiger partial charge in [0.2, 0.25) is 5.91 Å². The highest BCUT2D eigenvalue weighted by Crippen LogP contribution is 2.28. The Morgan fingerprint density at radius 1 is 1.21 bits per heavy atom. The van der Waals surface area contributed by atoms with Crippen molar-refractivity contribution in [2.45, 2.75) is 18.7 Å². The maximum Gasteiger partial charge on any atom is 0.234 e. The average molecular weight is 437 g/mol. The van der Waals surface area contributed by atoms with Crippen molar-refractivity contribution >= 4 is 46.6 Å². The third-order valence-electron chi connectivity index (χ3n) is 3.93. The summed E-state index contributed by atoms with van der Waals surface area (Å²) in [5, 5.41) is 12.8. The number of hydrogen-bond donors (Lipinski definition) is 1. The van der Waals surface area contributed by atoms with E-state index in [9.17, 15) is 4.79 Å². The van der Waals surface area contributed by atoms with Gasteiger partial charge in [-0.1, -0.05) is 53.2 Å². The van der Waals surface area contributed by atoms with Gasteiger partial charge in [-0.25, -0.2) is 0 Å². The lowest BCUT2D eigenvalue weighted by Gasteiger charge is -2.09. The van der Waals surface area contributed by atoms with E-state index in [4.69, 9.17) is 27.9 Å². The number of thioether (sulfide) groups is 1. The maximum absolute atomic E-state index is 12.2. The molecule has 0 bridgehead atoms. The van der Waals surface area contributed by atoms with Crippen LogP contribution in [0.5, 0.6) is 5.75 Å². The molecule has 3 aromatic rings. The molecule has 6 nitrogen and oxygen atoms in total. The molecule has 9 heteroatoms. The fourth-order valence-electron chi connectivity index (χ4n) is 2.36. The number of nitrogens with zero attached hydrogens (tertiary/aromatic N) is 3. The predicted octanol–water partition coefficient (Wildman–Crippen LogP) is 4.74. The summed E-state index contributed by atoms with van der Waals surface area (Å²) in [5.41, 5.74) is 1.82. The van der Waals surface area contributed by atoms with Crippen LogP contribution in [0.3, 0.4) is 0 Å². The van der Waals surface area contributed by atoms with Crippen molar-refractivity contribution in [2.75, 3.05) is 11.1 Å². The number of rotatable bonds is 7. The molecule has 1 amide bonds. The van der Waals surface area contributed by atoms with E-state index in [1.54, 1.807) is 22.8 Å². The quantitative estimate of drug-likeness (QED) is 0.541. The van der Waals surface area contributed by atoms with Crippen molar-refractivity contribution < 1.29 is 9.53 Å². The predicted molar refractivity (Wildman–Crippen MR) is 112 cm³/mol. The maximum atomic E-state index is 12.2. The number of hydrogen-bond acceptors (Lipinski definition) is 5. The van der Waals surface area contributed by atoms with Crippen LogP contribution in [-0.2, 0) is 18.4 Å². The second kappa shape index (κ2) is 9.32. The van der Waals surface area contributed by atoms with Crippen molar-refractivity contribution in [3.05, 3.63) is 63.9 Å². The largest absolute Gasteiger partial charge is 0.484 e. The molecule has 0 fully saturated rings. The van der Waals surface area contributed by atoms with E-state index < -0.39 is 0 Å². The SMILES string of the molecule is Cc1ccccc1NC(=O)CSc1nnc(COc2cc(Cl)ccc2Cl)n1C. The molecule has 0 spiro atoms. The van der Waals surface area contributed by atoms with E-state index in [2.05, 4.69) is 15.5 Å². The molecule has 1 heterocycles. The molecule has 28 heavy (non-hydrogen) atoms. The first-order valence-electron chi connectivity index (χ1n) is 8.38. The molecule has 0 unspecified atom stereocenters. The Balaban J connectivity index is 1.56. The van der Waals surface area contributed by atoms with Gasteiger partial charge in [0.25, 0.3) is 0 Å². The van der Waals surface area contributed by atoms with Crippen molar-refractivity contribution in [2.24, 2.45) is 7.05 Å². The Morgan fingerprint density at radius 3 is 2.79 bits per heavy atom. The number of aryl methyl sites for hydroxylation is 1. The Labute approximate surface area is 177 Å². The number of benzene rings is 2. The molecule has 1 aromatic heterocycles. The standard InChI is InChI=1S/C19H18Cl2N4O2S/c1-12-5-3-4-6-15(12)22-18(26)11-28-19-24-23-17(25(19)2)10-27-16-9-13(20)7-8-14(16)21/h3-9H,10-11H2,1-2H3,(H,22,26). The van der Waals surface area contributed by atoms with Crippen molar-refractivity contribution in [3.8, 4) is 5.75 Å². The monoisotopic (exact) mass is 436 g/mol. The molecule has 0 saturated heterocycles. The molecule has 3 rings (SSSR count). The molecule has 0 atom stereocenters. The van der Waals surface area contributed by atoms with Crippen molar-refractivity contribution in [3.63, 3.8) is 0 Å². The number of para-hydroxylation sites is 1. The van der Waals surface area contributed by atoms with E-state index in [-0.39, 0.29) is 18.3 Å². The third kappa shape index (κ3) is 5.19. The van der Waals surface area contributed by atoms with Gasteiger partial charge in [0.15, 0.2) is 11.0 Å². The molecule has 0 aliphatic heterocycles. The van der Waals surface area contributed by atoms with E-state index in [0.717, 1.165) is 11.3 Å². The van der Waals surface area contributed by atoms with Gasteiger partial charge in [-0.15, -0.1) is 10.2 Å². The number of carbonyl (C=O) groups excluding carboxylic acids is 1. The first-order valence-corrected chi connectivity index (χ1v) is 10.1. The number of carbonyl (C=O) groups is 1. The second-order valence-electron chi connectivity index (χ2n) is 5.97. The van der Waals surface area contributed by atoms with Gasteiger partial charge in [0, 0.05) is 23.8 Å². The van der Waals surface area contributed by atoms with Crippen LogP contribution in [0.25, 0.3) is 0 Å². The van der Waals surface area contributed by atoms with E-state index in [1.807, 2.05) is 38.2 Å². The van der Waals surface area contributed by atoms with Gasteiger partial charge < -0.3 is 14.6 Å². The van der Waals surface area contributed by atoms with Gasteiger partial charge in [0.1, 0.15) is 12.4 Å². The van der Waals surface area contributed by atoms with Crippen LogP contribution in [-0.4, -0.2) is 26.4 Å². The van der Waals surface area contributed by atoms with Gasteiger partial charge in [-0.05, 0) is 30.7 Å². The van der Waals surface area contributed by atoms with E-state index in [1.165, 1.54) is 11.8 Å². The fraction of sp³-hybridized carbons (Fsp3) is 0.211. The Morgan fingerprint density at radius 2 is 2.00 bits per heavy atom. The van der Waals surface area contributed by atoms with E-state index in [0.29, 0.717) is 26.8 Å². The minimum absolute atomic E-state index is 0.106. The number of amides is 1. The highest BCUT2D eigenvalue weighted by Gasteiger charge is 2.13. The molecule has 0 radical (unpaired) electrons. The van der Waals surface area contributed by atoms with Crippen LogP contribution in [0.15, 0.2) is 47.6 Å². The first kappa shape index (κ1) is 20.5. The molecular formula is C19H18Cl2N4O2S. The summed E-state index contributed by atoms with van der Waals surface area (Å²) in [4.78, 5) is 12.2. The molecule has 2 aromatic carbocycles. The lowest BCUT2D eigenvalue weighted by molar-refractivity contribution is -0.113. The van der Waals surface area contributed by atoms with Crippen LogP contribution < -0.4 is 10.1 Å². The molecule has 1 N–H and O–H groups in total. The third-order valence-corrected chi connectivity index (χ3v) is 5.49. The number of aromatic nitrogens is 3. The lowest BCUT2D eigenvalue weighted by atomic mass is 10.2. The van der Waals surface area contributed by atoms with Crippen LogP contribution in [0.4, 0.5) is 5.69 Å². The summed E-state index contributed by atoms with van der Waals surface area (Å²) in [6, 6.07) is 12.6. The van der Waals surface area contributed by atoms with Crippen LogP contribution in [0, 0.1) is 6.92 Å². The zero-order chi connectivity index (χ0) is 20.1. The lowest BCUT2D eigenvalue weighted by Crippen LogP contribution is -2.15. The minimum Gasteiger partial charge on any atom is -0.484 e. The van der Waals surface area contributed by atoms with Crippen LogP contribution >= 0.6 is 35.0 Å². The van der Waals surface area contributed by atoms with Gasteiger partial charge in [-0.2, -0.15) is 0 Å². The number of halogens is 2. The molecule has 0 aliphatic carbocycles. The number of nitrogens with one attached hydrogen (secondary N) is 1. The number of anilines is 1. The number of ether oxygens (including phenoxy) is 1. The minimum atomic E-state index is -0.106. The summed E-state index contributed by atoms with van der Waals surface area (Å²) in [5.74, 6) is 1.20. The highest BCUT2D eigenvalue weighted by atomic mass is 35.5.